The van der Waals surface area contributed by atoms with Crippen LogP contribution in [0.25, 0.3) is 0 Å². The Morgan fingerprint density at radius 3 is 2.17 bits per heavy atom. The Kier molecular flexibility index (Phi) is 16.1. The number of ether oxygens (including phenoxy) is 6. The predicted octanol–water partition coefficient (Wildman–Crippen LogP) is 1.55. The first-order valence-electron chi connectivity index (χ1n) is 7.61. The van der Waals surface area contributed by atoms with Gasteiger partial charge in [-0.2, -0.15) is 0 Å². The maximum Gasteiger partial charge on any atom is 0.330 e. The van der Waals surface area contributed by atoms with Gasteiger partial charge in [-0.3, -0.25) is 4.79 Å². The van der Waals surface area contributed by atoms with Crippen molar-refractivity contribution in [3.63, 3.8) is 0 Å². The molecule has 0 N–H and O–H groups in total. The van der Waals surface area contributed by atoms with Gasteiger partial charge in [-0.1, -0.05) is 13.2 Å². The van der Waals surface area contributed by atoms with Gasteiger partial charge in [0.15, 0.2) is 6.79 Å². The Bertz CT molecular complexity index is 356. The molecule has 0 bridgehead atoms. The Hall–Kier alpha value is -1.90. The van der Waals surface area contributed by atoms with E-state index in [1.807, 2.05) is 0 Å². The zero-order valence-electron chi connectivity index (χ0n) is 13.9. The summed E-state index contributed by atoms with van der Waals surface area (Å²) < 4.78 is 29.7. The summed E-state index contributed by atoms with van der Waals surface area (Å²) in [5.41, 5.74) is 0. The Morgan fingerprint density at radius 2 is 1.46 bits per heavy atom. The molecule has 0 saturated carbocycles. The smallest absolute Gasteiger partial charge is 0.330 e. The second kappa shape index (κ2) is 17.5. The number of unbranched alkanes of at least 4 members (excludes halogenated alkanes) is 1. The Labute approximate surface area is 142 Å². The molecule has 138 valence electrons. The monoisotopic (exact) mass is 346 g/mol. The van der Waals surface area contributed by atoms with Crippen LogP contribution in [0.1, 0.15) is 19.3 Å². The number of hydrogen-bond acceptors (Lipinski definition) is 8. The average molecular weight is 346 g/mol. The molecule has 0 aromatic heterocycles. The van der Waals surface area contributed by atoms with Crippen LogP contribution in [0.2, 0.25) is 0 Å². The molecule has 0 aromatic rings. The molecule has 0 unspecified atom stereocenters. The fraction of sp³-hybridized carbons (Fsp3) is 0.625. The van der Waals surface area contributed by atoms with Crippen molar-refractivity contribution in [2.75, 3.05) is 46.6 Å². The highest BCUT2D eigenvalue weighted by Gasteiger charge is 2.02. The van der Waals surface area contributed by atoms with Crippen LogP contribution < -0.4 is 0 Å². The zero-order valence-corrected chi connectivity index (χ0v) is 13.9. The van der Waals surface area contributed by atoms with E-state index in [0.717, 1.165) is 6.08 Å². The summed E-state index contributed by atoms with van der Waals surface area (Å²) in [4.78, 5) is 22.1. The molecular weight excluding hydrogens is 320 g/mol. The standard InChI is InChI=1S/C16H26O8/c1-3-15(17)23-11-9-22-14-20-8-6-5-7-16(18)24-12-10-21-13-19-4-2/h3-4H,1-2,5-14H2. The minimum Gasteiger partial charge on any atom is -0.476 e. The molecule has 0 atom stereocenters. The van der Waals surface area contributed by atoms with Crippen LogP contribution in [0, 0.1) is 0 Å². The zero-order chi connectivity index (χ0) is 17.9. The Balaban J connectivity index is 3.20. The number of esters is 2. The molecule has 0 aromatic carbocycles. The normalized spacial score (nSPS) is 10.0. The van der Waals surface area contributed by atoms with Crippen molar-refractivity contribution in [1.82, 2.24) is 0 Å². The number of rotatable bonds is 17. The SMILES string of the molecule is C=COCOCCOC(=O)CCCCOCOCCOC(=O)C=C. The fourth-order valence-corrected chi connectivity index (χ4v) is 1.35. The summed E-state index contributed by atoms with van der Waals surface area (Å²) in [5.74, 6) is -0.758. The highest BCUT2D eigenvalue weighted by Crippen LogP contribution is 1.98. The van der Waals surface area contributed by atoms with E-state index in [1.165, 1.54) is 6.26 Å². The van der Waals surface area contributed by atoms with Crippen LogP contribution in [-0.2, 0) is 38.0 Å². The summed E-state index contributed by atoms with van der Waals surface area (Å²) in [6.45, 7) is 8.20. The Morgan fingerprint density at radius 1 is 0.792 bits per heavy atom. The van der Waals surface area contributed by atoms with E-state index in [1.54, 1.807) is 0 Å². The molecule has 0 fully saturated rings. The van der Waals surface area contributed by atoms with Crippen LogP contribution in [0.5, 0.6) is 0 Å². The van der Waals surface area contributed by atoms with E-state index < -0.39 is 5.97 Å². The highest BCUT2D eigenvalue weighted by molar-refractivity contribution is 5.81. The molecule has 0 saturated heterocycles. The van der Waals surface area contributed by atoms with Crippen molar-refractivity contribution in [2.45, 2.75) is 19.3 Å². The summed E-state index contributed by atoms with van der Waals surface area (Å²) in [7, 11) is 0. The predicted molar refractivity (Wildman–Crippen MR) is 84.8 cm³/mol. The number of carbonyl (C=O) groups is 2. The highest BCUT2D eigenvalue weighted by atomic mass is 16.7. The van der Waals surface area contributed by atoms with E-state index in [0.29, 0.717) is 25.9 Å². The molecule has 0 radical (unpaired) electrons. The van der Waals surface area contributed by atoms with Gasteiger partial charge in [-0.05, 0) is 12.8 Å². The second-order valence-electron chi connectivity index (χ2n) is 4.34. The molecule has 0 aliphatic carbocycles. The summed E-state index contributed by atoms with van der Waals surface area (Å²) in [6.07, 6.45) is 4.07. The van der Waals surface area contributed by atoms with Crippen molar-refractivity contribution in [1.29, 1.82) is 0 Å². The molecule has 8 heteroatoms. The molecule has 24 heavy (non-hydrogen) atoms. The first-order valence-corrected chi connectivity index (χ1v) is 7.61. The van der Waals surface area contributed by atoms with Gasteiger partial charge in [0, 0.05) is 19.1 Å². The van der Waals surface area contributed by atoms with Gasteiger partial charge in [0.25, 0.3) is 0 Å². The van der Waals surface area contributed by atoms with Gasteiger partial charge in [0.2, 0.25) is 0 Å². The van der Waals surface area contributed by atoms with Gasteiger partial charge >= 0.3 is 11.9 Å². The maximum absolute atomic E-state index is 11.4. The van der Waals surface area contributed by atoms with E-state index >= 15 is 0 Å². The van der Waals surface area contributed by atoms with Crippen molar-refractivity contribution < 1.29 is 38.0 Å². The van der Waals surface area contributed by atoms with Gasteiger partial charge in [-0.25, -0.2) is 4.79 Å². The van der Waals surface area contributed by atoms with Crippen molar-refractivity contribution in [3.8, 4) is 0 Å². The van der Waals surface area contributed by atoms with Gasteiger partial charge in [0.1, 0.15) is 20.0 Å². The maximum atomic E-state index is 11.4. The largest absolute Gasteiger partial charge is 0.476 e. The number of hydrogen-bond donors (Lipinski definition) is 0. The van der Waals surface area contributed by atoms with E-state index in [-0.39, 0.29) is 46.0 Å². The summed E-state index contributed by atoms with van der Waals surface area (Å²) >= 11 is 0. The minimum atomic E-state index is -0.483. The lowest BCUT2D eigenvalue weighted by atomic mass is 10.2. The third-order valence-corrected chi connectivity index (χ3v) is 2.48. The molecule has 0 rings (SSSR count). The van der Waals surface area contributed by atoms with Gasteiger partial charge in [-0.15, -0.1) is 0 Å². The molecule has 0 amide bonds. The first kappa shape index (κ1) is 22.1. The lowest BCUT2D eigenvalue weighted by molar-refractivity contribution is -0.146. The van der Waals surface area contributed by atoms with Crippen LogP contribution in [0.15, 0.2) is 25.5 Å². The van der Waals surface area contributed by atoms with Crippen molar-refractivity contribution in [3.05, 3.63) is 25.5 Å². The summed E-state index contributed by atoms with van der Waals surface area (Å²) in [6, 6.07) is 0. The lowest BCUT2D eigenvalue weighted by Crippen LogP contribution is -2.12. The van der Waals surface area contributed by atoms with E-state index in [2.05, 4.69) is 13.2 Å². The second-order valence-corrected chi connectivity index (χ2v) is 4.34. The van der Waals surface area contributed by atoms with Crippen LogP contribution in [0.4, 0.5) is 0 Å². The topological polar surface area (TPSA) is 89.5 Å². The van der Waals surface area contributed by atoms with Crippen LogP contribution in [0.3, 0.4) is 0 Å². The van der Waals surface area contributed by atoms with Crippen LogP contribution >= 0.6 is 0 Å². The molecular formula is C16H26O8. The molecule has 0 heterocycles. The van der Waals surface area contributed by atoms with Crippen molar-refractivity contribution >= 4 is 11.9 Å². The molecule has 0 spiro atoms. The summed E-state index contributed by atoms with van der Waals surface area (Å²) in [5, 5.41) is 0. The van der Waals surface area contributed by atoms with Gasteiger partial charge in [0.05, 0.1) is 19.5 Å². The average Bonchev–Trinajstić information content (AvgIpc) is 2.59. The van der Waals surface area contributed by atoms with Crippen molar-refractivity contribution in [2.24, 2.45) is 0 Å². The third kappa shape index (κ3) is 16.5. The first-order chi connectivity index (χ1) is 11.7. The molecule has 0 aliphatic rings. The lowest BCUT2D eigenvalue weighted by Gasteiger charge is -2.07. The minimum absolute atomic E-state index is 0.0944. The fourth-order valence-electron chi connectivity index (χ4n) is 1.35. The van der Waals surface area contributed by atoms with E-state index in [9.17, 15) is 9.59 Å². The van der Waals surface area contributed by atoms with Gasteiger partial charge < -0.3 is 28.4 Å². The molecule has 0 aliphatic heterocycles. The van der Waals surface area contributed by atoms with E-state index in [4.69, 9.17) is 28.4 Å². The number of carbonyl (C=O) groups excluding carboxylic acids is 2. The third-order valence-electron chi connectivity index (χ3n) is 2.48. The van der Waals surface area contributed by atoms with Crippen LogP contribution in [-0.4, -0.2) is 58.6 Å². The quantitative estimate of drug-likeness (QED) is 0.129. The molecule has 8 nitrogen and oxygen atoms in total.